The number of nitrogens with zero attached hydrogens (tertiary/aromatic N) is 1. The minimum absolute atomic E-state index is 0.138. The van der Waals surface area contributed by atoms with E-state index in [0.29, 0.717) is 5.56 Å². The zero-order chi connectivity index (χ0) is 14.4. The first-order valence-corrected chi connectivity index (χ1v) is 5.58. The Hall–Kier alpha value is -1.92. The maximum Gasteiger partial charge on any atom is 0.421 e. The Kier molecular flexibility index (Phi) is 2.87. The van der Waals surface area contributed by atoms with Crippen LogP contribution < -0.4 is 10.2 Å². The van der Waals surface area contributed by atoms with Crippen molar-refractivity contribution in [1.29, 1.82) is 0 Å². The Labute approximate surface area is 107 Å². The second kappa shape index (κ2) is 4.04. The van der Waals surface area contributed by atoms with Gasteiger partial charge in [-0.25, -0.2) is 0 Å². The quantitative estimate of drug-likeness (QED) is 0.814. The Morgan fingerprint density at radius 1 is 1.47 bits per heavy atom. The largest absolute Gasteiger partial charge is 0.508 e. The number of likely N-dealkylation sites (N-methyl/N-ethyl adjacent to an activating group) is 2. The molecule has 4 nitrogen and oxygen atoms in total. The maximum atomic E-state index is 13.4. The van der Waals surface area contributed by atoms with E-state index in [-0.39, 0.29) is 11.4 Å². The van der Waals surface area contributed by atoms with E-state index in [1.54, 1.807) is 0 Å². The van der Waals surface area contributed by atoms with Crippen LogP contribution in [0.2, 0.25) is 0 Å². The summed E-state index contributed by atoms with van der Waals surface area (Å²) < 4.78 is 40.2. The normalized spacial score (nSPS) is 22.3. The molecule has 2 rings (SSSR count). The van der Waals surface area contributed by atoms with Crippen molar-refractivity contribution in [3.63, 3.8) is 0 Å². The van der Waals surface area contributed by atoms with Gasteiger partial charge in [0.15, 0.2) is 0 Å². The number of halogens is 3. The molecular weight excluding hydrogens is 261 g/mol. The second-order valence-corrected chi connectivity index (χ2v) is 4.49. The summed E-state index contributed by atoms with van der Waals surface area (Å²) in [5.41, 5.74) is -2.04. The molecule has 1 aromatic carbocycles. The van der Waals surface area contributed by atoms with Crippen LogP contribution in [-0.4, -0.2) is 36.8 Å². The highest BCUT2D eigenvalue weighted by molar-refractivity contribution is 5.94. The summed E-state index contributed by atoms with van der Waals surface area (Å²) in [5, 5.41) is 11.4. The van der Waals surface area contributed by atoms with E-state index in [4.69, 9.17) is 0 Å². The molecule has 19 heavy (non-hydrogen) atoms. The van der Waals surface area contributed by atoms with Gasteiger partial charge in [0.05, 0.1) is 0 Å². The van der Waals surface area contributed by atoms with Crippen LogP contribution in [0.1, 0.15) is 5.56 Å². The lowest BCUT2D eigenvalue weighted by molar-refractivity contribution is -0.189. The van der Waals surface area contributed by atoms with Gasteiger partial charge in [0.2, 0.25) is 5.54 Å². The molecule has 0 aromatic heterocycles. The van der Waals surface area contributed by atoms with E-state index in [1.807, 2.05) is 0 Å². The first-order chi connectivity index (χ1) is 8.74. The highest BCUT2D eigenvalue weighted by Gasteiger charge is 2.65. The molecule has 7 heteroatoms. The van der Waals surface area contributed by atoms with E-state index in [1.165, 1.54) is 32.3 Å². The molecule has 0 aliphatic carbocycles. The van der Waals surface area contributed by atoms with Crippen LogP contribution in [0.4, 0.5) is 18.9 Å². The Bertz CT molecular complexity index is 530. The molecule has 104 valence electrons. The molecule has 0 saturated carbocycles. The van der Waals surface area contributed by atoms with Gasteiger partial charge >= 0.3 is 6.18 Å². The van der Waals surface area contributed by atoms with E-state index in [2.05, 4.69) is 5.32 Å². The van der Waals surface area contributed by atoms with Crippen molar-refractivity contribution in [2.75, 3.05) is 19.0 Å². The summed E-state index contributed by atoms with van der Waals surface area (Å²) in [6, 6.07) is 3.94. The number of rotatable bonds is 1. The second-order valence-electron chi connectivity index (χ2n) is 4.49. The number of hydrogen-bond donors (Lipinski definition) is 2. The Morgan fingerprint density at radius 2 is 2.11 bits per heavy atom. The fourth-order valence-electron chi connectivity index (χ4n) is 2.47. The third kappa shape index (κ3) is 1.72. The lowest BCUT2D eigenvalue weighted by atomic mass is 9.92. The fourth-order valence-corrected chi connectivity index (χ4v) is 2.47. The van der Waals surface area contributed by atoms with Crippen molar-refractivity contribution in [2.45, 2.75) is 18.1 Å². The van der Waals surface area contributed by atoms with Crippen LogP contribution in [0.15, 0.2) is 18.2 Å². The molecule has 0 bridgehead atoms. The monoisotopic (exact) mass is 274 g/mol. The number of hydrogen-bond acceptors (Lipinski definition) is 3. The van der Waals surface area contributed by atoms with Crippen molar-refractivity contribution in [1.82, 2.24) is 5.32 Å². The minimum Gasteiger partial charge on any atom is -0.508 e. The van der Waals surface area contributed by atoms with Crippen molar-refractivity contribution in [3.8, 4) is 5.75 Å². The fraction of sp³-hybridized carbons (Fsp3) is 0.417. The number of fused-ring (bicyclic) bond motifs is 1. The lowest BCUT2D eigenvalue weighted by Gasteiger charge is -2.37. The van der Waals surface area contributed by atoms with Gasteiger partial charge in [0.1, 0.15) is 5.75 Å². The highest BCUT2D eigenvalue weighted by Crippen LogP contribution is 2.47. The van der Waals surface area contributed by atoms with Gasteiger partial charge in [-0.05, 0) is 11.6 Å². The number of anilines is 1. The van der Waals surface area contributed by atoms with Gasteiger partial charge in [0, 0.05) is 32.3 Å². The first-order valence-electron chi connectivity index (χ1n) is 5.58. The van der Waals surface area contributed by atoms with Crippen LogP contribution in [0, 0.1) is 0 Å². The van der Waals surface area contributed by atoms with Gasteiger partial charge in [-0.15, -0.1) is 0 Å². The molecule has 1 aromatic rings. The van der Waals surface area contributed by atoms with Crippen LogP contribution in [-0.2, 0) is 11.2 Å². The summed E-state index contributed by atoms with van der Waals surface area (Å²) in [4.78, 5) is 12.7. The first kappa shape index (κ1) is 13.5. The van der Waals surface area contributed by atoms with Crippen LogP contribution in [0.5, 0.6) is 5.75 Å². The van der Waals surface area contributed by atoms with E-state index in [0.717, 1.165) is 4.90 Å². The summed E-state index contributed by atoms with van der Waals surface area (Å²) in [7, 11) is 2.37. The average molecular weight is 274 g/mol. The van der Waals surface area contributed by atoms with Crippen molar-refractivity contribution in [2.24, 2.45) is 0 Å². The number of phenols is 1. The SMILES string of the molecule is CNC(=O)C1(C(F)(F)F)Cc2ccc(O)cc2N1C. The van der Waals surface area contributed by atoms with Gasteiger partial charge in [-0.3, -0.25) is 4.79 Å². The smallest absolute Gasteiger partial charge is 0.421 e. The van der Waals surface area contributed by atoms with Gasteiger partial charge in [-0.2, -0.15) is 13.2 Å². The molecule has 1 unspecified atom stereocenters. The number of carbonyl (C=O) groups is 1. The predicted molar refractivity (Wildman–Crippen MR) is 63.1 cm³/mol. The number of amides is 1. The summed E-state index contributed by atoms with van der Waals surface area (Å²) in [5.74, 6) is -1.25. The molecule has 0 spiro atoms. The third-order valence-electron chi connectivity index (χ3n) is 3.52. The zero-order valence-corrected chi connectivity index (χ0v) is 10.4. The van der Waals surface area contributed by atoms with E-state index < -0.39 is 24.0 Å². The zero-order valence-electron chi connectivity index (χ0n) is 10.4. The average Bonchev–Trinajstić information content (AvgIpc) is 2.62. The molecule has 1 aliphatic heterocycles. The molecule has 0 radical (unpaired) electrons. The van der Waals surface area contributed by atoms with Crippen LogP contribution in [0.3, 0.4) is 0 Å². The van der Waals surface area contributed by atoms with Gasteiger partial charge in [0.25, 0.3) is 5.91 Å². The number of aromatic hydroxyl groups is 1. The molecule has 0 fully saturated rings. The highest BCUT2D eigenvalue weighted by atomic mass is 19.4. The molecule has 2 N–H and O–H groups in total. The molecular formula is C12H13F3N2O2. The number of phenolic OH excluding ortho intramolecular Hbond substituents is 1. The Balaban J connectivity index is 2.60. The predicted octanol–water partition coefficient (Wildman–Crippen LogP) is 1.43. The third-order valence-corrected chi connectivity index (χ3v) is 3.52. The number of alkyl halides is 3. The van der Waals surface area contributed by atoms with Gasteiger partial charge in [-0.1, -0.05) is 6.07 Å². The van der Waals surface area contributed by atoms with E-state index in [9.17, 15) is 23.1 Å². The van der Waals surface area contributed by atoms with Crippen LogP contribution in [0.25, 0.3) is 0 Å². The summed E-state index contributed by atoms with van der Waals surface area (Å²) in [6.07, 6.45) is -5.20. The molecule has 1 atom stereocenters. The lowest BCUT2D eigenvalue weighted by Crippen LogP contribution is -2.65. The number of carbonyl (C=O) groups excluding carboxylic acids is 1. The van der Waals surface area contributed by atoms with Crippen molar-refractivity contribution in [3.05, 3.63) is 23.8 Å². The molecule has 1 amide bonds. The summed E-state index contributed by atoms with van der Waals surface area (Å²) in [6.45, 7) is 0. The van der Waals surface area contributed by atoms with Crippen molar-refractivity contribution >= 4 is 11.6 Å². The molecule has 1 heterocycles. The van der Waals surface area contributed by atoms with E-state index >= 15 is 0 Å². The maximum absolute atomic E-state index is 13.4. The molecule has 0 saturated heterocycles. The standard InChI is InChI=1S/C12H13F3N2O2/c1-16-10(19)11(12(13,14)15)6-7-3-4-8(18)5-9(7)17(11)2/h3-5,18H,6H2,1-2H3,(H,16,19). The number of benzene rings is 1. The summed E-state index contributed by atoms with van der Waals surface area (Å²) >= 11 is 0. The van der Waals surface area contributed by atoms with Crippen molar-refractivity contribution < 1.29 is 23.1 Å². The minimum atomic E-state index is -4.73. The number of nitrogens with one attached hydrogen (secondary N) is 1. The topological polar surface area (TPSA) is 52.6 Å². The Morgan fingerprint density at radius 3 is 2.63 bits per heavy atom. The molecule has 1 aliphatic rings. The van der Waals surface area contributed by atoms with Gasteiger partial charge < -0.3 is 15.3 Å². The van der Waals surface area contributed by atoms with Crippen LogP contribution >= 0.6 is 0 Å².